The van der Waals surface area contributed by atoms with E-state index in [0.717, 1.165) is 10.6 Å². The van der Waals surface area contributed by atoms with Crippen LogP contribution >= 0.6 is 11.3 Å². The van der Waals surface area contributed by atoms with Crippen molar-refractivity contribution in [1.29, 1.82) is 0 Å². The summed E-state index contributed by atoms with van der Waals surface area (Å²) in [5.74, 6) is -1.02. The molecule has 38 heavy (non-hydrogen) atoms. The van der Waals surface area contributed by atoms with Gasteiger partial charge in [-0.3, -0.25) is 9.69 Å². The van der Waals surface area contributed by atoms with Crippen LogP contribution in [0.2, 0.25) is 0 Å². The Balaban J connectivity index is 1.25. The minimum Gasteiger partial charge on any atom is -0.366 e. The first kappa shape index (κ1) is 25.9. The zero-order valence-corrected chi connectivity index (χ0v) is 21.5. The minimum atomic E-state index is -0.313. The zero-order valence-electron chi connectivity index (χ0n) is 20.7. The summed E-state index contributed by atoms with van der Waals surface area (Å²) in [6.45, 7) is 3.24. The van der Waals surface area contributed by atoms with Crippen molar-refractivity contribution in [1.82, 2.24) is 14.8 Å². The molecule has 1 aliphatic rings. The van der Waals surface area contributed by atoms with Crippen molar-refractivity contribution in [2.24, 2.45) is 0 Å². The Bertz CT molecular complexity index is 1390. The number of carbonyl (C=O) groups excluding carboxylic acids is 1. The van der Waals surface area contributed by atoms with Crippen LogP contribution in [0.1, 0.15) is 26.6 Å². The number of rotatable bonds is 8. The van der Waals surface area contributed by atoms with Crippen LogP contribution in [-0.2, 0) is 19.6 Å². The summed E-state index contributed by atoms with van der Waals surface area (Å²) >= 11 is 1.38. The van der Waals surface area contributed by atoms with Gasteiger partial charge in [0.25, 0.3) is 5.91 Å². The molecule has 5 rings (SSSR count). The molecule has 4 aromatic rings. The molecule has 196 valence electrons. The number of halogens is 3. The van der Waals surface area contributed by atoms with E-state index in [1.807, 2.05) is 9.80 Å². The Hall–Kier alpha value is -3.69. The Kier molecular flexibility index (Phi) is 8.05. The first-order valence-electron chi connectivity index (χ1n) is 12.4. The fourth-order valence-electron chi connectivity index (χ4n) is 4.58. The van der Waals surface area contributed by atoms with E-state index in [1.54, 1.807) is 58.8 Å². The van der Waals surface area contributed by atoms with Crippen LogP contribution < -0.4 is 4.90 Å². The summed E-state index contributed by atoms with van der Waals surface area (Å²) in [7, 11) is 0. The number of thiazole rings is 1. The van der Waals surface area contributed by atoms with Gasteiger partial charge in [0, 0.05) is 50.2 Å². The summed E-state index contributed by atoms with van der Waals surface area (Å²) in [4.78, 5) is 23.4. The molecule has 5 nitrogen and oxygen atoms in total. The Morgan fingerprint density at radius 1 is 0.816 bits per heavy atom. The fraction of sp³-hybridized carbons (Fsp3) is 0.241. The summed E-state index contributed by atoms with van der Waals surface area (Å²) in [6, 6.07) is 19.5. The van der Waals surface area contributed by atoms with E-state index < -0.39 is 0 Å². The van der Waals surface area contributed by atoms with E-state index in [1.165, 1.54) is 35.6 Å². The number of hydrogen-bond donors (Lipinski definition) is 0. The molecule has 1 saturated heterocycles. The van der Waals surface area contributed by atoms with Crippen LogP contribution in [0.3, 0.4) is 0 Å². The highest BCUT2D eigenvalue weighted by atomic mass is 32.1. The molecule has 0 aliphatic carbocycles. The quantitative estimate of drug-likeness (QED) is 0.289. The smallest absolute Gasteiger partial charge is 0.273 e. The lowest BCUT2D eigenvalue weighted by Crippen LogP contribution is -2.49. The van der Waals surface area contributed by atoms with Crippen molar-refractivity contribution in [3.05, 3.63) is 117 Å². The van der Waals surface area contributed by atoms with E-state index in [0.29, 0.717) is 62.8 Å². The second-order valence-corrected chi connectivity index (χ2v) is 10.2. The van der Waals surface area contributed by atoms with Gasteiger partial charge >= 0.3 is 0 Å². The molecule has 1 aliphatic heterocycles. The van der Waals surface area contributed by atoms with E-state index in [9.17, 15) is 18.0 Å². The standard InChI is InChI=1S/C29H27F3N4OS/c30-23-11-9-21(10-12-23)17-34(18-22-5-1-2-6-24(22)31)19-28-33-26(20-38-28)29(37)36-15-13-35(14-16-36)27-8-4-3-7-25(27)32/h1-12,20H,13-19H2. The van der Waals surface area contributed by atoms with Gasteiger partial charge in [0.2, 0.25) is 0 Å². The van der Waals surface area contributed by atoms with Gasteiger partial charge in [0.05, 0.1) is 12.2 Å². The third-order valence-corrected chi connectivity index (χ3v) is 7.39. The van der Waals surface area contributed by atoms with Crippen LogP contribution in [-0.4, -0.2) is 46.9 Å². The van der Waals surface area contributed by atoms with Crippen LogP contribution in [0, 0.1) is 17.5 Å². The van der Waals surface area contributed by atoms with E-state index in [-0.39, 0.29) is 23.4 Å². The van der Waals surface area contributed by atoms with Crippen molar-refractivity contribution in [2.45, 2.75) is 19.6 Å². The average molecular weight is 537 g/mol. The van der Waals surface area contributed by atoms with Crippen molar-refractivity contribution >= 4 is 22.9 Å². The van der Waals surface area contributed by atoms with E-state index in [2.05, 4.69) is 4.98 Å². The Labute approximate surface area is 223 Å². The van der Waals surface area contributed by atoms with Gasteiger partial charge in [-0.25, -0.2) is 18.2 Å². The average Bonchev–Trinajstić information content (AvgIpc) is 3.40. The molecule has 2 heterocycles. The molecule has 3 aromatic carbocycles. The SMILES string of the molecule is O=C(c1csc(CN(Cc2ccc(F)cc2)Cc2ccccc2F)n1)N1CCN(c2ccccc2F)CC1. The van der Waals surface area contributed by atoms with Crippen molar-refractivity contribution in [2.75, 3.05) is 31.1 Å². The Morgan fingerprint density at radius 3 is 2.21 bits per heavy atom. The summed E-state index contributed by atoms with van der Waals surface area (Å²) in [5, 5.41) is 2.48. The molecule has 1 fully saturated rings. The highest BCUT2D eigenvalue weighted by Crippen LogP contribution is 2.22. The molecule has 0 saturated carbocycles. The van der Waals surface area contributed by atoms with Gasteiger partial charge < -0.3 is 9.80 Å². The normalized spacial score (nSPS) is 13.8. The largest absolute Gasteiger partial charge is 0.366 e. The number of nitrogens with zero attached hydrogens (tertiary/aromatic N) is 4. The van der Waals surface area contributed by atoms with Crippen molar-refractivity contribution in [3.8, 4) is 0 Å². The molecule has 0 atom stereocenters. The molecule has 9 heteroatoms. The lowest BCUT2D eigenvalue weighted by molar-refractivity contribution is 0.0741. The monoisotopic (exact) mass is 536 g/mol. The highest BCUT2D eigenvalue weighted by molar-refractivity contribution is 7.09. The number of piperazine rings is 1. The molecule has 0 N–H and O–H groups in total. The maximum absolute atomic E-state index is 14.4. The van der Waals surface area contributed by atoms with Crippen LogP contribution in [0.5, 0.6) is 0 Å². The number of benzene rings is 3. The number of carbonyl (C=O) groups is 1. The molecule has 0 bridgehead atoms. The molecule has 1 amide bonds. The van der Waals surface area contributed by atoms with E-state index >= 15 is 0 Å². The first-order chi connectivity index (χ1) is 18.5. The third-order valence-electron chi connectivity index (χ3n) is 6.56. The predicted octanol–water partition coefficient (Wildman–Crippen LogP) is 5.73. The van der Waals surface area contributed by atoms with Gasteiger partial charge in [-0.1, -0.05) is 42.5 Å². The zero-order chi connectivity index (χ0) is 26.5. The van der Waals surface area contributed by atoms with Crippen molar-refractivity contribution in [3.63, 3.8) is 0 Å². The van der Waals surface area contributed by atoms with Gasteiger partial charge in [-0.2, -0.15) is 0 Å². The predicted molar refractivity (Wildman–Crippen MR) is 142 cm³/mol. The number of anilines is 1. The number of amides is 1. The van der Waals surface area contributed by atoms with Crippen molar-refractivity contribution < 1.29 is 18.0 Å². The second-order valence-electron chi connectivity index (χ2n) is 9.22. The number of hydrogen-bond acceptors (Lipinski definition) is 5. The van der Waals surface area contributed by atoms with Crippen LogP contribution in [0.15, 0.2) is 78.2 Å². The van der Waals surface area contributed by atoms with Gasteiger partial charge in [0.15, 0.2) is 0 Å². The molecule has 1 aromatic heterocycles. The number of aromatic nitrogens is 1. The van der Waals surface area contributed by atoms with E-state index in [4.69, 9.17) is 0 Å². The molecular weight excluding hydrogens is 509 g/mol. The molecule has 0 spiro atoms. The maximum Gasteiger partial charge on any atom is 0.273 e. The second kappa shape index (κ2) is 11.8. The Morgan fingerprint density at radius 2 is 1.50 bits per heavy atom. The van der Waals surface area contributed by atoms with Crippen LogP contribution in [0.25, 0.3) is 0 Å². The van der Waals surface area contributed by atoms with Gasteiger partial charge in [-0.05, 0) is 35.9 Å². The highest BCUT2D eigenvalue weighted by Gasteiger charge is 2.25. The van der Waals surface area contributed by atoms with Crippen LogP contribution in [0.4, 0.5) is 18.9 Å². The molecule has 0 radical (unpaired) electrons. The third kappa shape index (κ3) is 6.23. The lowest BCUT2D eigenvalue weighted by atomic mass is 10.1. The van der Waals surface area contributed by atoms with Gasteiger partial charge in [-0.15, -0.1) is 11.3 Å². The lowest BCUT2D eigenvalue weighted by Gasteiger charge is -2.35. The first-order valence-corrected chi connectivity index (χ1v) is 13.3. The summed E-state index contributed by atoms with van der Waals surface area (Å²) in [6.07, 6.45) is 0. The molecular formula is C29H27F3N4OS. The summed E-state index contributed by atoms with van der Waals surface area (Å²) in [5.41, 5.74) is 2.36. The maximum atomic E-state index is 14.4. The van der Waals surface area contributed by atoms with Gasteiger partial charge in [0.1, 0.15) is 28.2 Å². The number of para-hydroxylation sites is 1. The molecule has 0 unspecified atom stereocenters. The minimum absolute atomic E-state index is 0.153. The summed E-state index contributed by atoms with van der Waals surface area (Å²) < 4.78 is 41.9. The topological polar surface area (TPSA) is 39.7 Å². The fourth-order valence-corrected chi connectivity index (χ4v) is 5.39.